The lowest BCUT2D eigenvalue weighted by molar-refractivity contribution is -0.143. The number of Topliss-reactive ketones (excluding diaryl/α,β-unsaturated/α-hetero) is 1. The highest BCUT2D eigenvalue weighted by Gasteiger charge is 2.24. The van der Waals surface area contributed by atoms with Gasteiger partial charge in [-0.2, -0.15) is 0 Å². The van der Waals surface area contributed by atoms with E-state index < -0.39 is 17.8 Å². The van der Waals surface area contributed by atoms with Gasteiger partial charge in [0.15, 0.2) is 11.8 Å². The molecule has 0 aromatic heterocycles. The van der Waals surface area contributed by atoms with Crippen molar-refractivity contribution < 1.29 is 14.7 Å². The van der Waals surface area contributed by atoms with Crippen molar-refractivity contribution in [1.82, 2.24) is 5.43 Å². The smallest absolute Gasteiger partial charge is 0.329 e. The Balaban J connectivity index is 2.66. The molecule has 4 N–H and O–H groups in total. The second-order valence-electron chi connectivity index (χ2n) is 3.07. The molecule has 0 radical (unpaired) electrons. The first-order chi connectivity index (χ1) is 7.15. The molecule has 80 valence electrons. The Morgan fingerprint density at radius 2 is 1.93 bits per heavy atom. The van der Waals surface area contributed by atoms with Gasteiger partial charge in [-0.1, -0.05) is 30.3 Å². The zero-order chi connectivity index (χ0) is 11.3. The molecule has 1 aromatic rings. The average molecular weight is 208 g/mol. The lowest BCUT2D eigenvalue weighted by Gasteiger charge is -2.09. The molecule has 0 amide bonds. The van der Waals surface area contributed by atoms with Gasteiger partial charge in [-0.05, 0) is 5.56 Å². The molecule has 0 saturated carbocycles. The number of aliphatic carboxylic acids is 1. The molecule has 1 unspecified atom stereocenters. The van der Waals surface area contributed by atoms with E-state index in [1.165, 1.54) is 0 Å². The third kappa shape index (κ3) is 3.16. The summed E-state index contributed by atoms with van der Waals surface area (Å²) in [5.41, 5.74) is 2.74. The van der Waals surface area contributed by atoms with E-state index in [1.807, 2.05) is 11.5 Å². The van der Waals surface area contributed by atoms with E-state index in [1.54, 1.807) is 24.3 Å². The Bertz CT molecular complexity index is 351. The normalized spacial score (nSPS) is 12.1. The molecule has 0 aliphatic carbocycles. The second-order valence-corrected chi connectivity index (χ2v) is 3.07. The Kier molecular flexibility index (Phi) is 3.96. The Hall–Kier alpha value is -1.72. The zero-order valence-corrected chi connectivity index (χ0v) is 8.01. The number of carbonyl (C=O) groups excluding carboxylic acids is 1. The molecule has 5 nitrogen and oxygen atoms in total. The van der Waals surface area contributed by atoms with E-state index in [-0.39, 0.29) is 6.42 Å². The number of nitrogens with two attached hydrogens (primary N) is 1. The van der Waals surface area contributed by atoms with Gasteiger partial charge in [-0.25, -0.2) is 10.2 Å². The van der Waals surface area contributed by atoms with Gasteiger partial charge in [-0.3, -0.25) is 10.6 Å². The van der Waals surface area contributed by atoms with Crippen LogP contribution in [0.2, 0.25) is 0 Å². The van der Waals surface area contributed by atoms with Crippen molar-refractivity contribution in [2.24, 2.45) is 5.84 Å². The maximum Gasteiger partial charge on any atom is 0.329 e. The van der Waals surface area contributed by atoms with E-state index in [9.17, 15) is 9.59 Å². The van der Waals surface area contributed by atoms with Crippen molar-refractivity contribution in [2.45, 2.75) is 12.5 Å². The van der Waals surface area contributed by atoms with Crippen LogP contribution in [0.15, 0.2) is 30.3 Å². The topological polar surface area (TPSA) is 92.4 Å². The fourth-order valence-corrected chi connectivity index (χ4v) is 1.20. The van der Waals surface area contributed by atoms with E-state index >= 15 is 0 Å². The number of benzene rings is 1. The number of nitrogens with one attached hydrogen (secondary N) is 1. The lowest BCUT2D eigenvalue weighted by atomic mass is 10.0. The van der Waals surface area contributed by atoms with Crippen LogP contribution >= 0.6 is 0 Å². The molecule has 5 heteroatoms. The minimum atomic E-state index is -1.34. The van der Waals surface area contributed by atoms with Gasteiger partial charge in [-0.15, -0.1) is 0 Å². The van der Waals surface area contributed by atoms with Crippen LogP contribution in [0.4, 0.5) is 0 Å². The van der Waals surface area contributed by atoms with Crippen molar-refractivity contribution in [2.75, 3.05) is 0 Å². The van der Waals surface area contributed by atoms with Crippen LogP contribution in [-0.4, -0.2) is 22.9 Å². The van der Waals surface area contributed by atoms with Crippen LogP contribution in [0, 0.1) is 0 Å². The number of carbonyl (C=O) groups is 2. The van der Waals surface area contributed by atoms with Gasteiger partial charge in [0.2, 0.25) is 0 Å². The van der Waals surface area contributed by atoms with Gasteiger partial charge in [0.05, 0.1) is 0 Å². The highest BCUT2D eigenvalue weighted by atomic mass is 16.4. The van der Waals surface area contributed by atoms with Crippen molar-refractivity contribution in [3.8, 4) is 0 Å². The van der Waals surface area contributed by atoms with Crippen molar-refractivity contribution >= 4 is 11.8 Å². The summed E-state index contributed by atoms with van der Waals surface area (Å²) in [6.45, 7) is 0. The summed E-state index contributed by atoms with van der Waals surface area (Å²) < 4.78 is 0. The highest BCUT2D eigenvalue weighted by molar-refractivity contribution is 6.03. The number of hydrazine groups is 1. The summed E-state index contributed by atoms with van der Waals surface area (Å²) in [7, 11) is 0. The molecule has 0 fully saturated rings. The molecule has 0 spiro atoms. The van der Waals surface area contributed by atoms with Crippen LogP contribution in [0.3, 0.4) is 0 Å². The number of carboxylic acids is 1. The first-order valence-electron chi connectivity index (χ1n) is 4.40. The number of rotatable bonds is 5. The number of carboxylic acid groups (broad SMARTS) is 1. The van der Waals surface area contributed by atoms with Gasteiger partial charge in [0, 0.05) is 6.42 Å². The summed E-state index contributed by atoms with van der Waals surface area (Å²) in [5.74, 6) is 3.25. The molecule has 0 aliphatic rings. The van der Waals surface area contributed by atoms with Crippen LogP contribution in [0.5, 0.6) is 0 Å². The third-order valence-electron chi connectivity index (χ3n) is 1.96. The highest BCUT2D eigenvalue weighted by Crippen LogP contribution is 2.02. The maximum atomic E-state index is 11.5. The number of hydrogen-bond donors (Lipinski definition) is 3. The third-order valence-corrected chi connectivity index (χ3v) is 1.96. The van der Waals surface area contributed by atoms with Crippen molar-refractivity contribution in [3.63, 3.8) is 0 Å². The summed E-state index contributed by atoms with van der Waals surface area (Å²) in [6.07, 6.45) is 0.0575. The molecule has 1 atom stereocenters. The molecule has 0 aliphatic heterocycles. The minimum Gasteiger partial charge on any atom is -0.480 e. The standard InChI is InChI=1S/C10H12N2O3/c11-12-9(10(14)15)8(13)6-7-4-2-1-3-5-7/h1-5,9,12H,6,11H2,(H,14,15). The van der Waals surface area contributed by atoms with E-state index in [2.05, 4.69) is 0 Å². The molecule has 0 heterocycles. The van der Waals surface area contributed by atoms with Crippen molar-refractivity contribution in [1.29, 1.82) is 0 Å². The molecular formula is C10H12N2O3. The van der Waals surface area contributed by atoms with Crippen LogP contribution < -0.4 is 11.3 Å². The number of hydrogen-bond acceptors (Lipinski definition) is 4. The fourth-order valence-electron chi connectivity index (χ4n) is 1.20. The lowest BCUT2D eigenvalue weighted by Crippen LogP contribution is -2.47. The zero-order valence-electron chi connectivity index (χ0n) is 8.01. The largest absolute Gasteiger partial charge is 0.480 e. The van der Waals surface area contributed by atoms with Gasteiger partial charge >= 0.3 is 5.97 Å². The molecule has 1 rings (SSSR count). The maximum absolute atomic E-state index is 11.5. The molecule has 0 bridgehead atoms. The van der Waals surface area contributed by atoms with E-state index in [4.69, 9.17) is 10.9 Å². The van der Waals surface area contributed by atoms with Gasteiger partial charge in [0.1, 0.15) is 0 Å². The van der Waals surface area contributed by atoms with Crippen molar-refractivity contribution in [3.05, 3.63) is 35.9 Å². The Morgan fingerprint density at radius 1 is 1.33 bits per heavy atom. The van der Waals surface area contributed by atoms with Gasteiger partial charge in [0.25, 0.3) is 0 Å². The predicted octanol–water partition coefficient (Wildman–Crippen LogP) is -0.285. The quantitative estimate of drug-likeness (QED) is 0.351. The Labute approximate surface area is 86.9 Å². The second kappa shape index (κ2) is 5.23. The average Bonchev–Trinajstić information content (AvgIpc) is 2.19. The van der Waals surface area contributed by atoms with E-state index in [0.29, 0.717) is 0 Å². The van der Waals surface area contributed by atoms with Crippen LogP contribution in [-0.2, 0) is 16.0 Å². The summed E-state index contributed by atoms with van der Waals surface area (Å²) in [4.78, 5) is 22.1. The molecule has 1 aromatic carbocycles. The van der Waals surface area contributed by atoms with E-state index in [0.717, 1.165) is 5.56 Å². The monoisotopic (exact) mass is 208 g/mol. The van der Waals surface area contributed by atoms with Gasteiger partial charge < -0.3 is 5.11 Å². The van der Waals surface area contributed by atoms with Crippen LogP contribution in [0.25, 0.3) is 0 Å². The fraction of sp³-hybridized carbons (Fsp3) is 0.200. The minimum absolute atomic E-state index is 0.0575. The molecule has 0 saturated heterocycles. The first-order valence-corrected chi connectivity index (χ1v) is 4.40. The van der Waals surface area contributed by atoms with Crippen LogP contribution in [0.1, 0.15) is 5.56 Å². The SMILES string of the molecule is NNC(C(=O)O)C(=O)Cc1ccccc1. The summed E-state index contributed by atoms with van der Waals surface area (Å²) >= 11 is 0. The summed E-state index contributed by atoms with van der Waals surface area (Å²) in [5, 5.41) is 8.66. The predicted molar refractivity (Wildman–Crippen MR) is 53.9 cm³/mol. The molecule has 15 heavy (non-hydrogen) atoms. The molecular weight excluding hydrogens is 196 g/mol. The first kappa shape index (κ1) is 11.4. The Morgan fingerprint density at radius 3 is 2.40 bits per heavy atom. The summed E-state index contributed by atoms with van der Waals surface area (Å²) in [6, 6.07) is 7.57. The number of ketones is 1.